The van der Waals surface area contributed by atoms with E-state index < -0.39 is 17.4 Å². The van der Waals surface area contributed by atoms with Gasteiger partial charge in [-0.25, -0.2) is 24.3 Å². The molecule has 1 aromatic rings. The molecule has 0 saturated heterocycles. The van der Waals surface area contributed by atoms with E-state index in [1.807, 2.05) is 0 Å². The molecule has 1 aromatic heterocycles. The van der Waals surface area contributed by atoms with E-state index in [1.165, 1.54) is 12.5 Å². The van der Waals surface area contributed by atoms with Crippen LogP contribution in [0.15, 0.2) is 12.5 Å². The molecule has 15 heavy (non-hydrogen) atoms. The van der Waals surface area contributed by atoms with E-state index in [1.54, 1.807) is 0 Å². The van der Waals surface area contributed by atoms with Crippen LogP contribution in [-0.4, -0.2) is 27.4 Å². The monoisotopic (exact) mass is 233 g/mol. The van der Waals surface area contributed by atoms with Crippen LogP contribution in [0.4, 0.5) is 4.79 Å². The number of nitrogens with two attached hydrogens (primary N) is 1. The van der Waals surface area contributed by atoms with E-state index in [2.05, 4.69) is 19.7 Å². The first-order valence-electron chi connectivity index (χ1n) is 3.90. The molecule has 0 saturated carbocycles. The van der Waals surface area contributed by atoms with E-state index in [-0.39, 0.29) is 6.42 Å². The highest BCUT2D eigenvalue weighted by atomic mass is 35.5. The van der Waals surface area contributed by atoms with E-state index in [9.17, 15) is 9.59 Å². The van der Waals surface area contributed by atoms with Gasteiger partial charge in [0.2, 0.25) is 0 Å². The van der Waals surface area contributed by atoms with Crippen LogP contribution in [0, 0.1) is 0 Å². The zero-order valence-electron chi connectivity index (χ0n) is 7.47. The van der Waals surface area contributed by atoms with Crippen molar-refractivity contribution in [2.24, 2.45) is 5.73 Å². The highest BCUT2D eigenvalue weighted by molar-refractivity contribution is 6.61. The molecule has 0 aromatic carbocycles. The lowest BCUT2D eigenvalue weighted by atomic mass is 10.2. The van der Waals surface area contributed by atoms with Crippen LogP contribution in [0.25, 0.3) is 0 Å². The van der Waals surface area contributed by atoms with Gasteiger partial charge in [0.15, 0.2) is 0 Å². The molecular formula is C7H8ClN3O4. The Balaban J connectivity index is 2.36. The standard InChI is InChI=1S/C7H8ClN3O4/c8-7(13)15-14-6(12)5(9)1-4-2-10-3-11-4/h2-3,5H,1,9H2,(H,10,11). The quantitative estimate of drug-likeness (QED) is 0.436. The van der Waals surface area contributed by atoms with Crippen molar-refractivity contribution in [2.75, 3.05) is 0 Å². The minimum atomic E-state index is -1.24. The average Bonchev–Trinajstić information content (AvgIpc) is 2.66. The van der Waals surface area contributed by atoms with Gasteiger partial charge in [0, 0.05) is 29.9 Å². The third-order valence-corrected chi connectivity index (χ3v) is 1.55. The van der Waals surface area contributed by atoms with Crippen molar-refractivity contribution in [3.05, 3.63) is 18.2 Å². The van der Waals surface area contributed by atoms with Gasteiger partial charge in [-0.2, -0.15) is 0 Å². The highest BCUT2D eigenvalue weighted by Gasteiger charge is 2.18. The van der Waals surface area contributed by atoms with Crippen LogP contribution >= 0.6 is 11.6 Å². The summed E-state index contributed by atoms with van der Waals surface area (Å²) < 4.78 is 0. The van der Waals surface area contributed by atoms with Crippen LogP contribution in [0.5, 0.6) is 0 Å². The Morgan fingerprint density at radius 1 is 1.60 bits per heavy atom. The first-order chi connectivity index (χ1) is 7.09. The number of hydrogen-bond acceptors (Lipinski definition) is 6. The summed E-state index contributed by atoms with van der Waals surface area (Å²) in [6, 6.07) is -0.957. The molecule has 0 fully saturated rings. The molecule has 0 aliphatic rings. The molecule has 0 bridgehead atoms. The van der Waals surface area contributed by atoms with Crippen LogP contribution in [-0.2, 0) is 21.0 Å². The number of carbonyl (C=O) groups excluding carboxylic acids is 2. The number of aromatic nitrogens is 2. The number of nitrogens with zero attached hydrogens (tertiary/aromatic N) is 1. The van der Waals surface area contributed by atoms with Crippen LogP contribution in [0.3, 0.4) is 0 Å². The van der Waals surface area contributed by atoms with E-state index in [4.69, 9.17) is 17.3 Å². The summed E-state index contributed by atoms with van der Waals surface area (Å²) in [6.45, 7) is 0. The lowest BCUT2D eigenvalue weighted by Crippen LogP contribution is -2.34. The molecule has 7 nitrogen and oxygen atoms in total. The van der Waals surface area contributed by atoms with Gasteiger partial charge in [0.25, 0.3) is 0 Å². The fourth-order valence-electron chi connectivity index (χ4n) is 0.852. The van der Waals surface area contributed by atoms with Gasteiger partial charge in [0.1, 0.15) is 6.04 Å². The lowest BCUT2D eigenvalue weighted by Gasteiger charge is -2.06. The number of imidazole rings is 1. The molecule has 0 radical (unpaired) electrons. The Bertz CT molecular complexity index is 340. The van der Waals surface area contributed by atoms with Crippen molar-refractivity contribution < 1.29 is 19.4 Å². The molecule has 1 rings (SSSR count). The second-order valence-corrected chi connectivity index (χ2v) is 2.92. The third kappa shape index (κ3) is 3.96. The molecule has 1 heterocycles. The Hall–Kier alpha value is -1.60. The number of H-pyrrole nitrogens is 1. The lowest BCUT2D eigenvalue weighted by molar-refractivity contribution is -0.228. The normalized spacial score (nSPS) is 11.9. The van der Waals surface area contributed by atoms with E-state index in [0.717, 1.165) is 0 Å². The SMILES string of the molecule is NC(Cc1cnc[nH]1)C(=O)OOC(=O)Cl. The van der Waals surface area contributed by atoms with Gasteiger partial charge >= 0.3 is 11.4 Å². The molecule has 1 atom stereocenters. The Morgan fingerprint density at radius 2 is 2.33 bits per heavy atom. The number of carbonyl (C=O) groups is 2. The van der Waals surface area contributed by atoms with Crippen molar-refractivity contribution in [3.8, 4) is 0 Å². The maximum absolute atomic E-state index is 11.1. The minimum Gasteiger partial charge on any atom is -0.348 e. The van der Waals surface area contributed by atoms with Gasteiger partial charge in [0.05, 0.1) is 6.33 Å². The van der Waals surface area contributed by atoms with Crippen molar-refractivity contribution in [1.82, 2.24) is 9.97 Å². The predicted molar refractivity (Wildman–Crippen MR) is 48.7 cm³/mol. The summed E-state index contributed by atoms with van der Waals surface area (Å²) >= 11 is 4.77. The van der Waals surface area contributed by atoms with Crippen LogP contribution in [0.1, 0.15) is 5.69 Å². The van der Waals surface area contributed by atoms with Gasteiger partial charge < -0.3 is 10.7 Å². The molecular weight excluding hydrogens is 226 g/mol. The number of aromatic amines is 1. The number of rotatable bonds is 3. The third-order valence-electron chi connectivity index (χ3n) is 1.49. The molecule has 0 amide bonds. The fraction of sp³-hybridized carbons (Fsp3) is 0.286. The molecule has 3 N–H and O–H groups in total. The second-order valence-electron chi connectivity index (χ2n) is 2.61. The predicted octanol–water partition coefficient (Wildman–Crippen LogP) is 0.113. The number of nitrogens with one attached hydrogen (secondary N) is 1. The average molecular weight is 234 g/mol. The smallest absolute Gasteiger partial charge is 0.348 e. The second kappa shape index (κ2) is 5.32. The summed E-state index contributed by atoms with van der Waals surface area (Å²) in [5.74, 6) is -0.890. The van der Waals surface area contributed by atoms with Crippen molar-refractivity contribution in [1.29, 1.82) is 0 Å². The molecule has 0 spiro atoms. The zero-order valence-corrected chi connectivity index (χ0v) is 8.23. The van der Waals surface area contributed by atoms with Crippen molar-refractivity contribution in [3.63, 3.8) is 0 Å². The topological polar surface area (TPSA) is 107 Å². The Kier molecular flexibility index (Phi) is 4.07. The van der Waals surface area contributed by atoms with Crippen LogP contribution in [0.2, 0.25) is 0 Å². The Morgan fingerprint density at radius 3 is 2.87 bits per heavy atom. The van der Waals surface area contributed by atoms with Gasteiger partial charge in [-0.3, -0.25) is 0 Å². The Labute approximate surface area is 89.4 Å². The summed E-state index contributed by atoms with van der Waals surface area (Å²) in [5, 5.41) is 0. The number of halogens is 1. The number of hydrogen-bond donors (Lipinski definition) is 2. The molecule has 0 aliphatic carbocycles. The van der Waals surface area contributed by atoms with Crippen LogP contribution < -0.4 is 5.73 Å². The molecule has 0 aliphatic heterocycles. The first-order valence-corrected chi connectivity index (χ1v) is 4.28. The van der Waals surface area contributed by atoms with E-state index >= 15 is 0 Å². The zero-order chi connectivity index (χ0) is 11.3. The summed E-state index contributed by atoms with van der Waals surface area (Å²) in [6.07, 6.45) is 3.16. The van der Waals surface area contributed by atoms with Gasteiger partial charge in [-0.15, -0.1) is 0 Å². The fourth-order valence-corrected chi connectivity index (χ4v) is 0.884. The summed E-state index contributed by atoms with van der Waals surface area (Å²) in [7, 11) is 0. The maximum Gasteiger partial charge on any atom is 0.448 e. The maximum atomic E-state index is 11.1. The molecule has 82 valence electrons. The summed E-state index contributed by atoms with van der Waals surface area (Å²) in [5.41, 5.74) is 4.86. The summed E-state index contributed by atoms with van der Waals surface area (Å²) in [4.78, 5) is 35.5. The van der Waals surface area contributed by atoms with Gasteiger partial charge in [-0.05, 0) is 0 Å². The van der Waals surface area contributed by atoms with E-state index in [0.29, 0.717) is 5.69 Å². The minimum absolute atomic E-state index is 0.193. The van der Waals surface area contributed by atoms with Crippen molar-refractivity contribution >= 4 is 23.0 Å². The largest absolute Gasteiger partial charge is 0.448 e. The molecule has 1 unspecified atom stereocenters. The molecule has 8 heteroatoms. The van der Waals surface area contributed by atoms with Crippen molar-refractivity contribution in [2.45, 2.75) is 12.5 Å². The van der Waals surface area contributed by atoms with Gasteiger partial charge in [-0.1, -0.05) is 0 Å². The first kappa shape index (κ1) is 11.5. The highest BCUT2D eigenvalue weighted by Crippen LogP contribution is 1.99.